The van der Waals surface area contributed by atoms with Gasteiger partial charge in [-0.05, 0) is 56.2 Å². The summed E-state index contributed by atoms with van der Waals surface area (Å²) in [5.41, 5.74) is 0.607. The number of rotatable bonds is 30. The molecule has 0 aliphatic rings. The van der Waals surface area contributed by atoms with Crippen molar-refractivity contribution in [1.29, 1.82) is 0 Å². The number of alkyl halides is 3. The molecule has 0 aromatic heterocycles. The van der Waals surface area contributed by atoms with Gasteiger partial charge >= 0.3 is 12.1 Å². The van der Waals surface area contributed by atoms with Crippen molar-refractivity contribution in [3.8, 4) is 5.75 Å². The normalized spacial score (nSPS) is 13.4. The minimum atomic E-state index is -4.52. The van der Waals surface area contributed by atoms with Gasteiger partial charge in [0.1, 0.15) is 24.4 Å². The molecular formula is C35H58F3NO6. The summed E-state index contributed by atoms with van der Waals surface area (Å²) in [7, 11) is 1.61. The van der Waals surface area contributed by atoms with E-state index in [0.717, 1.165) is 44.9 Å². The molecule has 0 heterocycles. The largest absolute Gasteiger partial charge is 0.491 e. The van der Waals surface area contributed by atoms with Crippen LogP contribution in [0.25, 0.3) is 0 Å². The Morgan fingerprint density at radius 1 is 0.800 bits per heavy atom. The van der Waals surface area contributed by atoms with E-state index in [1.807, 2.05) is 0 Å². The fourth-order valence-corrected chi connectivity index (χ4v) is 4.86. The lowest BCUT2D eigenvalue weighted by atomic mass is 10.0. The van der Waals surface area contributed by atoms with Crippen LogP contribution in [0.5, 0.6) is 5.75 Å². The fourth-order valence-electron chi connectivity index (χ4n) is 4.86. The molecular weight excluding hydrogens is 587 g/mol. The number of hydrogen-bond acceptors (Lipinski definition) is 6. The predicted octanol–water partition coefficient (Wildman–Crippen LogP) is 8.30. The summed E-state index contributed by atoms with van der Waals surface area (Å²) in [5, 5.41) is 12.0. The SMILES string of the molecule is CCCCCC/C=C\CCCCCCCCCC(NC(Cc1ccc(OCCOCCOCCOC)cc1)C(=O)O)C(F)(F)F. The molecule has 0 amide bonds. The Hall–Kier alpha value is -2.14. The number of ether oxygens (including phenoxy) is 4. The van der Waals surface area contributed by atoms with E-state index in [9.17, 15) is 23.1 Å². The molecule has 0 saturated carbocycles. The molecule has 0 saturated heterocycles. The molecule has 10 heteroatoms. The van der Waals surface area contributed by atoms with Crippen molar-refractivity contribution in [3.05, 3.63) is 42.0 Å². The van der Waals surface area contributed by atoms with E-state index in [4.69, 9.17) is 18.9 Å². The summed E-state index contributed by atoms with van der Waals surface area (Å²) in [6, 6.07) is 3.48. The van der Waals surface area contributed by atoms with Crippen molar-refractivity contribution in [3.63, 3.8) is 0 Å². The Balaban J connectivity index is 2.31. The zero-order valence-electron chi connectivity index (χ0n) is 27.6. The summed E-state index contributed by atoms with van der Waals surface area (Å²) in [6.45, 7) is 4.85. The number of allylic oxidation sites excluding steroid dienone is 2. The highest BCUT2D eigenvalue weighted by molar-refractivity contribution is 5.74. The van der Waals surface area contributed by atoms with Crippen LogP contribution in [-0.2, 0) is 25.4 Å². The molecule has 45 heavy (non-hydrogen) atoms. The van der Waals surface area contributed by atoms with Gasteiger partial charge in [-0.3, -0.25) is 10.1 Å². The Kier molecular flexibility index (Phi) is 24.5. The maximum absolute atomic E-state index is 13.8. The highest BCUT2D eigenvalue weighted by Gasteiger charge is 2.41. The zero-order chi connectivity index (χ0) is 33.0. The van der Waals surface area contributed by atoms with Crippen molar-refractivity contribution in [2.45, 2.75) is 121 Å². The number of aliphatic carboxylic acids is 1. The second-order valence-electron chi connectivity index (χ2n) is 11.4. The van der Waals surface area contributed by atoms with Crippen LogP contribution in [0.4, 0.5) is 13.2 Å². The number of halogens is 3. The average Bonchev–Trinajstić information content (AvgIpc) is 3.01. The van der Waals surface area contributed by atoms with E-state index in [1.165, 1.54) is 25.7 Å². The Labute approximate surface area is 269 Å². The number of carboxylic acids is 1. The van der Waals surface area contributed by atoms with Gasteiger partial charge < -0.3 is 24.1 Å². The molecule has 2 unspecified atom stereocenters. The van der Waals surface area contributed by atoms with Crippen LogP contribution in [0.1, 0.15) is 102 Å². The summed E-state index contributed by atoms with van der Waals surface area (Å²) in [6.07, 6.45) is 13.6. The van der Waals surface area contributed by atoms with E-state index < -0.39 is 24.2 Å². The number of carboxylic acid groups (broad SMARTS) is 1. The molecule has 7 nitrogen and oxygen atoms in total. The first kappa shape index (κ1) is 40.9. The first-order valence-electron chi connectivity index (χ1n) is 16.8. The molecule has 0 spiro atoms. The van der Waals surface area contributed by atoms with E-state index in [0.29, 0.717) is 63.8 Å². The van der Waals surface area contributed by atoms with Gasteiger partial charge in [0.05, 0.1) is 33.0 Å². The number of benzene rings is 1. The van der Waals surface area contributed by atoms with Gasteiger partial charge in [0, 0.05) is 7.11 Å². The van der Waals surface area contributed by atoms with Crippen LogP contribution < -0.4 is 10.1 Å². The third-order valence-electron chi connectivity index (χ3n) is 7.51. The van der Waals surface area contributed by atoms with Crippen LogP contribution in [-0.4, -0.2) is 76.1 Å². The molecule has 1 rings (SSSR count). The quantitative estimate of drug-likeness (QED) is 0.0643. The number of methoxy groups -OCH3 is 1. The second kappa shape index (κ2) is 27.0. The number of unbranched alkanes of at least 4 members (excludes halogenated alkanes) is 11. The highest BCUT2D eigenvalue weighted by Crippen LogP contribution is 2.26. The minimum Gasteiger partial charge on any atom is -0.491 e. The van der Waals surface area contributed by atoms with Crippen molar-refractivity contribution >= 4 is 5.97 Å². The van der Waals surface area contributed by atoms with Crippen LogP contribution in [0.2, 0.25) is 0 Å². The summed E-state index contributed by atoms with van der Waals surface area (Å²) >= 11 is 0. The van der Waals surface area contributed by atoms with Crippen molar-refractivity contribution < 1.29 is 42.0 Å². The van der Waals surface area contributed by atoms with Gasteiger partial charge in [-0.2, -0.15) is 13.2 Å². The van der Waals surface area contributed by atoms with Crippen molar-refractivity contribution in [2.24, 2.45) is 0 Å². The molecule has 1 aromatic rings. The molecule has 0 radical (unpaired) electrons. The summed E-state index contributed by atoms with van der Waals surface area (Å²) in [4.78, 5) is 11.9. The Morgan fingerprint density at radius 3 is 1.89 bits per heavy atom. The van der Waals surface area contributed by atoms with Gasteiger partial charge in [-0.1, -0.05) is 89.0 Å². The number of hydrogen-bond donors (Lipinski definition) is 2. The minimum absolute atomic E-state index is 0.0670. The Morgan fingerprint density at radius 2 is 1.33 bits per heavy atom. The van der Waals surface area contributed by atoms with Gasteiger partial charge in [-0.15, -0.1) is 0 Å². The topological polar surface area (TPSA) is 86.3 Å². The molecule has 0 fully saturated rings. The Bertz CT molecular complexity index is 866. The highest BCUT2D eigenvalue weighted by atomic mass is 19.4. The van der Waals surface area contributed by atoms with Gasteiger partial charge in [0.25, 0.3) is 0 Å². The third kappa shape index (κ3) is 22.9. The molecule has 0 bridgehead atoms. The first-order chi connectivity index (χ1) is 21.8. The molecule has 260 valence electrons. The van der Waals surface area contributed by atoms with Crippen molar-refractivity contribution in [2.75, 3.05) is 46.8 Å². The third-order valence-corrected chi connectivity index (χ3v) is 7.51. The zero-order valence-corrected chi connectivity index (χ0v) is 27.6. The lowest BCUT2D eigenvalue weighted by molar-refractivity contribution is -0.163. The molecule has 1 aromatic carbocycles. The number of nitrogens with one attached hydrogen (secondary N) is 1. The van der Waals surface area contributed by atoms with Gasteiger partial charge in [0.2, 0.25) is 0 Å². The van der Waals surface area contributed by atoms with Crippen LogP contribution in [0.15, 0.2) is 36.4 Å². The first-order valence-corrected chi connectivity index (χ1v) is 16.8. The monoisotopic (exact) mass is 645 g/mol. The maximum atomic E-state index is 13.8. The van der Waals surface area contributed by atoms with E-state index in [2.05, 4.69) is 24.4 Å². The lowest BCUT2D eigenvalue weighted by Gasteiger charge is -2.25. The standard InChI is InChI=1S/C35H58F3NO6/c1-3-4-5-6-7-8-9-10-11-12-13-14-15-16-17-18-33(35(36,37)38)39-32(34(40)41)29-30-19-21-31(22-20-30)45-28-27-44-26-25-43-24-23-42-2/h8-9,19-22,32-33,39H,3-7,10-18,23-29H2,1-2H3,(H,40,41)/b9-8-. The fraction of sp³-hybridized carbons (Fsp3) is 0.743. The van der Waals surface area contributed by atoms with Crippen LogP contribution in [0, 0.1) is 0 Å². The summed E-state index contributed by atoms with van der Waals surface area (Å²) < 4.78 is 62.6. The van der Waals surface area contributed by atoms with Crippen LogP contribution >= 0.6 is 0 Å². The number of carbonyl (C=O) groups is 1. The average molecular weight is 646 g/mol. The molecule has 2 N–H and O–H groups in total. The van der Waals surface area contributed by atoms with E-state index in [-0.39, 0.29) is 12.8 Å². The lowest BCUT2D eigenvalue weighted by Crippen LogP contribution is -2.51. The van der Waals surface area contributed by atoms with Gasteiger partial charge in [0.15, 0.2) is 0 Å². The molecule has 0 aliphatic carbocycles. The maximum Gasteiger partial charge on any atom is 0.403 e. The summed E-state index contributed by atoms with van der Waals surface area (Å²) in [5.74, 6) is -0.740. The molecule has 0 aliphatic heterocycles. The predicted molar refractivity (Wildman–Crippen MR) is 173 cm³/mol. The smallest absolute Gasteiger partial charge is 0.403 e. The van der Waals surface area contributed by atoms with Crippen molar-refractivity contribution in [1.82, 2.24) is 5.32 Å². The molecule has 2 atom stereocenters. The second-order valence-corrected chi connectivity index (χ2v) is 11.4. The van der Waals surface area contributed by atoms with Gasteiger partial charge in [-0.25, -0.2) is 0 Å². The van der Waals surface area contributed by atoms with E-state index in [1.54, 1.807) is 31.4 Å². The van der Waals surface area contributed by atoms with Crippen LogP contribution in [0.3, 0.4) is 0 Å². The van der Waals surface area contributed by atoms with E-state index >= 15 is 0 Å².